The second kappa shape index (κ2) is 5.14. The minimum atomic E-state index is 0.0902. The van der Waals surface area contributed by atoms with Crippen molar-refractivity contribution in [2.45, 2.75) is 12.1 Å². The third-order valence-corrected chi connectivity index (χ3v) is 2.51. The molecule has 0 amide bonds. The van der Waals surface area contributed by atoms with Gasteiger partial charge in [-0.3, -0.25) is 5.32 Å². The Morgan fingerprint density at radius 3 is 1.41 bits per heavy atom. The first kappa shape index (κ1) is 11.2. The van der Waals surface area contributed by atoms with Crippen molar-refractivity contribution >= 4 is 11.4 Å². The van der Waals surface area contributed by atoms with E-state index >= 15 is 0 Å². The van der Waals surface area contributed by atoms with Gasteiger partial charge < -0.3 is 11.1 Å². The van der Waals surface area contributed by atoms with Crippen LogP contribution in [0.2, 0.25) is 0 Å². The van der Waals surface area contributed by atoms with Crippen LogP contribution in [0.25, 0.3) is 11.1 Å². The van der Waals surface area contributed by atoms with Crippen molar-refractivity contribution in [1.29, 1.82) is 0 Å². The van der Waals surface area contributed by atoms with Gasteiger partial charge in [0.2, 0.25) is 0 Å². The second-order valence-electron chi connectivity index (χ2n) is 3.70. The van der Waals surface area contributed by atoms with Crippen LogP contribution in [0.1, 0.15) is 0 Å². The van der Waals surface area contributed by atoms with Crippen LogP contribution in [-0.4, -0.2) is 33.1 Å². The smallest absolute Gasteiger partial charge is 0.314 e. The van der Waals surface area contributed by atoms with Crippen molar-refractivity contribution in [3.05, 3.63) is 59.7 Å². The molecule has 5 heteroatoms. The molecule has 17 heavy (non-hydrogen) atoms. The fourth-order valence-electron chi connectivity index (χ4n) is 1.63. The Labute approximate surface area is 98.7 Å². The highest BCUT2D eigenvalue weighted by Crippen LogP contribution is 2.04. The summed E-state index contributed by atoms with van der Waals surface area (Å²) in [6.07, 6.45) is 14.6. The Bertz CT molecular complexity index is 445. The molecule has 2 aliphatic rings. The summed E-state index contributed by atoms with van der Waals surface area (Å²) in [5.41, 5.74) is 18.2. The number of nitrogens with one attached hydrogen (secondary N) is 1. The van der Waals surface area contributed by atoms with Crippen molar-refractivity contribution in [1.82, 2.24) is 5.32 Å². The van der Waals surface area contributed by atoms with E-state index in [1.54, 1.807) is 24.3 Å². The second-order valence-corrected chi connectivity index (χ2v) is 3.70. The maximum atomic E-state index is 8.56. The van der Waals surface area contributed by atoms with Gasteiger partial charge in [0.15, 0.2) is 0 Å². The Morgan fingerprint density at radius 2 is 1.12 bits per heavy atom. The Morgan fingerprint density at radius 1 is 0.765 bits per heavy atom. The lowest BCUT2D eigenvalue weighted by atomic mass is 10.1. The first-order valence-corrected chi connectivity index (χ1v) is 5.25. The summed E-state index contributed by atoms with van der Waals surface area (Å²) in [6, 6.07) is 0.180. The molecule has 5 nitrogen and oxygen atoms in total. The molecule has 0 unspecified atom stereocenters. The Kier molecular flexibility index (Phi) is 3.38. The van der Waals surface area contributed by atoms with E-state index in [0.717, 1.165) is 0 Å². The molecular formula is C12H11N5. The van der Waals surface area contributed by atoms with Crippen molar-refractivity contribution in [3.63, 3.8) is 0 Å². The number of rotatable bonds is 2. The molecule has 2 rings (SSSR count). The van der Waals surface area contributed by atoms with Gasteiger partial charge in [-0.15, -0.1) is 0 Å². The van der Waals surface area contributed by atoms with Crippen LogP contribution in [0, 0.1) is 0 Å². The molecule has 0 atom stereocenters. The lowest BCUT2D eigenvalue weighted by Crippen LogP contribution is -2.35. The topological polar surface area (TPSA) is 84.8 Å². The molecule has 84 valence electrons. The standard InChI is InChI=1S/C12H11N5/c13-16-11-5-1-9(2-6-11)15-10-3-7-12(17-14)8-4-10/h1-10,15H. The van der Waals surface area contributed by atoms with Gasteiger partial charge in [0.1, 0.15) is 0 Å². The minimum absolute atomic E-state index is 0.0902. The molecule has 0 saturated carbocycles. The zero-order valence-electron chi connectivity index (χ0n) is 9.06. The van der Waals surface area contributed by atoms with Crippen molar-refractivity contribution < 1.29 is 9.58 Å². The van der Waals surface area contributed by atoms with E-state index in [1.165, 1.54) is 0 Å². The molecule has 1 N–H and O–H groups in total. The first-order valence-electron chi connectivity index (χ1n) is 5.25. The van der Waals surface area contributed by atoms with Crippen LogP contribution in [0.5, 0.6) is 0 Å². The fourth-order valence-corrected chi connectivity index (χ4v) is 1.63. The van der Waals surface area contributed by atoms with Crippen LogP contribution < -0.4 is 5.32 Å². The summed E-state index contributed by atoms with van der Waals surface area (Å²) in [7, 11) is 0. The molecule has 0 fully saturated rings. The molecule has 0 bridgehead atoms. The van der Waals surface area contributed by atoms with Crippen LogP contribution >= 0.6 is 0 Å². The number of nitrogens with zero attached hydrogens (tertiary/aromatic N) is 4. The van der Waals surface area contributed by atoms with Gasteiger partial charge >= 0.3 is 11.4 Å². The van der Waals surface area contributed by atoms with Gasteiger partial charge in [-0.1, -0.05) is 24.3 Å². The van der Waals surface area contributed by atoms with Crippen LogP contribution in [0.4, 0.5) is 0 Å². The molecule has 0 aromatic heterocycles. The largest absolute Gasteiger partial charge is 0.361 e. The highest BCUT2D eigenvalue weighted by atomic mass is 14.9. The molecule has 0 saturated heterocycles. The van der Waals surface area contributed by atoms with Crippen molar-refractivity contribution in [2.24, 2.45) is 0 Å². The monoisotopic (exact) mass is 225 g/mol. The molecule has 0 radical (unpaired) electrons. The van der Waals surface area contributed by atoms with Crippen molar-refractivity contribution in [3.8, 4) is 0 Å². The van der Waals surface area contributed by atoms with Gasteiger partial charge in [-0.2, -0.15) is 9.58 Å². The quantitative estimate of drug-likeness (QED) is 0.549. The summed E-state index contributed by atoms with van der Waals surface area (Å²) >= 11 is 0. The maximum Gasteiger partial charge on any atom is 0.314 e. The number of hydrogen-bond acceptors (Lipinski definition) is 1. The first-order chi connectivity index (χ1) is 8.31. The van der Waals surface area contributed by atoms with Crippen LogP contribution in [0.3, 0.4) is 0 Å². The van der Waals surface area contributed by atoms with Crippen LogP contribution in [-0.2, 0) is 0 Å². The lowest BCUT2D eigenvalue weighted by Gasteiger charge is -2.17. The molecule has 0 aromatic carbocycles. The average molecular weight is 225 g/mol. The molecule has 0 aromatic rings. The SMILES string of the molecule is [N-]=[N+]=C1C=CC(NC2C=CC(=[N+]=[N-])C=C2)C=C1. The zero-order valence-corrected chi connectivity index (χ0v) is 9.06. The molecular weight excluding hydrogens is 214 g/mol. The van der Waals surface area contributed by atoms with E-state index in [0.29, 0.717) is 11.4 Å². The van der Waals surface area contributed by atoms with E-state index in [9.17, 15) is 0 Å². The summed E-state index contributed by atoms with van der Waals surface area (Å²) in [6.45, 7) is 0. The molecule has 2 aliphatic carbocycles. The Balaban J connectivity index is 1.97. The summed E-state index contributed by atoms with van der Waals surface area (Å²) < 4.78 is 0. The highest BCUT2D eigenvalue weighted by molar-refractivity contribution is 6.01. The van der Waals surface area contributed by atoms with Crippen molar-refractivity contribution in [2.75, 3.05) is 0 Å². The van der Waals surface area contributed by atoms with E-state index in [-0.39, 0.29) is 12.1 Å². The van der Waals surface area contributed by atoms with Gasteiger partial charge in [-0.05, 0) is 0 Å². The van der Waals surface area contributed by atoms with Gasteiger partial charge in [0.25, 0.3) is 0 Å². The highest BCUT2D eigenvalue weighted by Gasteiger charge is 2.14. The molecule has 0 spiro atoms. The van der Waals surface area contributed by atoms with Gasteiger partial charge in [-0.25, -0.2) is 0 Å². The minimum Gasteiger partial charge on any atom is -0.361 e. The molecule has 0 aliphatic heterocycles. The summed E-state index contributed by atoms with van der Waals surface area (Å²) in [4.78, 5) is 6.19. The average Bonchev–Trinajstić information content (AvgIpc) is 2.40. The Hall–Kier alpha value is -2.32. The number of allylic oxidation sites excluding steroid dienone is 4. The van der Waals surface area contributed by atoms with Crippen LogP contribution in [0.15, 0.2) is 48.6 Å². The predicted molar refractivity (Wildman–Crippen MR) is 64.5 cm³/mol. The predicted octanol–water partition coefficient (Wildman–Crippen LogP) is 0.907. The third kappa shape index (κ3) is 2.83. The van der Waals surface area contributed by atoms with Gasteiger partial charge in [0.05, 0.1) is 0 Å². The summed E-state index contributed by atoms with van der Waals surface area (Å²) in [5, 5.41) is 3.33. The zero-order chi connectivity index (χ0) is 12.1. The normalized spacial score (nSPS) is 25.9. The number of hydrogen-bond donors (Lipinski definition) is 1. The van der Waals surface area contributed by atoms with E-state index < -0.39 is 0 Å². The fraction of sp³-hybridized carbons (Fsp3) is 0.167. The molecule has 0 heterocycles. The van der Waals surface area contributed by atoms with E-state index in [4.69, 9.17) is 11.1 Å². The summed E-state index contributed by atoms with van der Waals surface area (Å²) in [5.74, 6) is 0. The van der Waals surface area contributed by atoms with Gasteiger partial charge in [0, 0.05) is 36.4 Å². The third-order valence-electron chi connectivity index (χ3n) is 2.51. The lowest BCUT2D eigenvalue weighted by molar-refractivity contribution is -0.00206. The van der Waals surface area contributed by atoms with E-state index in [1.807, 2.05) is 24.3 Å². The van der Waals surface area contributed by atoms with E-state index in [2.05, 4.69) is 14.9 Å². The maximum absolute atomic E-state index is 8.56.